The molecule has 0 aliphatic heterocycles. The van der Waals surface area contributed by atoms with Gasteiger partial charge in [0.25, 0.3) is 0 Å². The second kappa shape index (κ2) is 7.00. The van der Waals surface area contributed by atoms with Gasteiger partial charge in [0.1, 0.15) is 0 Å². The highest BCUT2D eigenvalue weighted by Gasteiger charge is 1.83. The minimum Gasteiger partial charge on any atom is -0.0654 e. The molecule has 0 saturated carbocycles. The molecule has 0 spiro atoms. The monoisotopic (exact) mass is 117 g/mol. The Bertz CT molecular complexity index is 85.8. The lowest BCUT2D eigenvalue weighted by Gasteiger charge is -1.93. The van der Waals surface area contributed by atoms with Gasteiger partial charge >= 0.3 is 0 Å². The molecule has 50 valence electrons. The summed E-state index contributed by atoms with van der Waals surface area (Å²) in [4.78, 5) is 0. The van der Waals surface area contributed by atoms with Crippen molar-refractivity contribution in [1.29, 1.82) is 0 Å². The molecule has 0 aliphatic rings. The van der Waals surface area contributed by atoms with Crippen molar-refractivity contribution in [3.63, 3.8) is 0 Å². The number of hydrogen-bond donors (Lipinski definition) is 0. The van der Waals surface area contributed by atoms with Gasteiger partial charge in [0.15, 0.2) is 0 Å². The molecule has 0 aliphatic carbocycles. The van der Waals surface area contributed by atoms with E-state index >= 15 is 0 Å². The van der Waals surface area contributed by atoms with Crippen LogP contribution in [0.15, 0.2) is 0 Å². The molecule has 0 rings (SSSR count). The van der Waals surface area contributed by atoms with Crippen molar-refractivity contribution >= 4 is 0 Å². The van der Waals surface area contributed by atoms with Gasteiger partial charge in [0, 0.05) is 4.11 Å². The van der Waals surface area contributed by atoms with Gasteiger partial charge in [-0.3, -0.25) is 0 Å². The van der Waals surface area contributed by atoms with Crippen molar-refractivity contribution in [3.8, 4) is 0 Å². The molecule has 0 aromatic carbocycles. The molecule has 0 nitrogen and oxygen atoms in total. The molecule has 0 fully saturated rings. The minimum absolute atomic E-state index is 0.386. The molecular formula is C8H18. The summed E-state index contributed by atoms with van der Waals surface area (Å²) in [6.45, 7) is 0.454. The van der Waals surface area contributed by atoms with E-state index in [9.17, 15) is 0 Å². The fourth-order valence-corrected chi connectivity index (χ4v) is 0.729. The molecule has 8 heavy (non-hydrogen) atoms. The molecule has 0 saturated heterocycles. The van der Waals surface area contributed by atoms with Crippen LogP contribution in [0.1, 0.15) is 56.4 Å². The first-order valence-corrected chi connectivity index (χ1v) is 3.56. The highest BCUT2D eigenvalue weighted by molar-refractivity contribution is 4.39. The molecule has 0 radical (unpaired) electrons. The highest BCUT2D eigenvalue weighted by Crippen LogP contribution is 2.03. The molecular weight excluding hydrogens is 96.1 g/mol. The lowest BCUT2D eigenvalue weighted by Crippen LogP contribution is -1.73. The zero-order chi connectivity index (χ0) is 8.74. The zero-order valence-electron chi connectivity index (χ0n) is 8.74. The summed E-state index contributed by atoms with van der Waals surface area (Å²) in [6.07, 6.45) is 5.96. The lowest BCUT2D eigenvalue weighted by molar-refractivity contribution is 0.624. The minimum atomic E-state index is -1.70. The van der Waals surface area contributed by atoms with Gasteiger partial charge in [-0.2, -0.15) is 0 Å². The number of hydrogen-bond acceptors (Lipinski definition) is 0. The van der Waals surface area contributed by atoms with E-state index in [4.69, 9.17) is 4.11 Å². The fourth-order valence-electron chi connectivity index (χ4n) is 0.729. The Balaban J connectivity index is 3.02. The van der Waals surface area contributed by atoms with Crippen molar-refractivity contribution in [3.05, 3.63) is 0 Å². The van der Waals surface area contributed by atoms with Crippen molar-refractivity contribution < 1.29 is 4.11 Å². The third kappa shape index (κ3) is 6.00. The van der Waals surface area contributed by atoms with Crippen LogP contribution in [0.3, 0.4) is 0 Å². The van der Waals surface area contributed by atoms with Crippen LogP contribution in [-0.4, -0.2) is 0 Å². The average molecular weight is 117 g/mol. The smallest absolute Gasteiger partial charge is 0.0230 e. The zero-order valence-corrected chi connectivity index (χ0v) is 5.74. The van der Waals surface area contributed by atoms with Gasteiger partial charge in [-0.1, -0.05) is 52.3 Å². The molecule has 0 heteroatoms. The van der Waals surface area contributed by atoms with Crippen molar-refractivity contribution in [2.75, 3.05) is 0 Å². The van der Waals surface area contributed by atoms with Crippen LogP contribution in [0, 0.1) is 0 Å². The van der Waals surface area contributed by atoms with E-state index in [1.54, 1.807) is 0 Å². The summed E-state index contributed by atoms with van der Waals surface area (Å²) in [5, 5.41) is 0. The van der Waals surface area contributed by atoms with E-state index < -0.39 is 6.85 Å². The molecule has 0 unspecified atom stereocenters. The predicted molar refractivity (Wildman–Crippen MR) is 39.1 cm³/mol. The number of rotatable bonds is 5. The lowest BCUT2D eigenvalue weighted by atomic mass is 10.1. The highest BCUT2D eigenvalue weighted by atomic mass is 13.9. The van der Waals surface area contributed by atoms with Crippen LogP contribution >= 0.6 is 0 Å². The Morgan fingerprint density at radius 1 is 1.00 bits per heavy atom. The molecule has 0 atom stereocenters. The van der Waals surface area contributed by atoms with Crippen molar-refractivity contribution in [1.82, 2.24) is 0 Å². The first-order chi connectivity index (χ1) is 5.06. The van der Waals surface area contributed by atoms with E-state index in [1.165, 1.54) is 19.3 Å². The topological polar surface area (TPSA) is 0 Å². The third-order valence-electron chi connectivity index (χ3n) is 1.28. The largest absolute Gasteiger partial charge is 0.0654 e. The summed E-state index contributed by atoms with van der Waals surface area (Å²) < 4.78 is 20.8. The van der Waals surface area contributed by atoms with E-state index in [0.29, 0.717) is 6.42 Å². The SMILES string of the molecule is [2H]C([2H])([2H])CCCCCCC. The second-order valence-corrected chi connectivity index (χ2v) is 2.16. The number of unbranched alkanes of at least 4 members (excludes halogenated alkanes) is 4. The Kier molecular flexibility index (Phi) is 3.43. The van der Waals surface area contributed by atoms with Gasteiger partial charge < -0.3 is 0 Å². The van der Waals surface area contributed by atoms with Crippen LogP contribution in [0.2, 0.25) is 0 Å². The summed E-state index contributed by atoms with van der Waals surface area (Å²) in [5.41, 5.74) is 0. The first-order valence-electron chi connectivity index (χ1n) is 5.06. The van der Waals surface area contributed by atoms with Gasteiger partial charge in [-0.15, -0.1) is 0 Å². The Hall–Kier alpha value is 0. The first kappa shape index (κ1) is 3.92. The maximum atomic E-state index is 6.95. The van der Waals surface area contributed by atoms with Gasteiger partial charge in [0.05, 0.1) is 0 Å². The summed E-state index contributed by atoms with van der Waals surface area (Å²) in [7, 11) is 0. The van der Waals surface area contributed by atoms with E-state index in [0.717, 1.165) is 12.8 Å². The van der Waals surface area contributed by atoms with E-state index in [1.807, 2.05) is 0 Å². The standard InChI is InChI=1S/C8H18/c1-3-5-7-8-6-4-2/h3-8H2,1-2H3/i1D3. The quantitative estimate of drug-likeness (QED) is 0.484. The molecule has 0 aromatic rings. The Morgan fingerprint density at radius 3 is 2.12 bits per heavy atom. The molecule has 0 aromatic heterocycles. The Morgan fingerprint density at radius 2 is 1.62 bits per heavy atom. The fraction of sp³-hybridized carbons (Fsp3) is 1.00. The third-order valence-corrected chi connectivity index (χ3v) is 1.28. The normalized spacial score (nSPS) is 16.9. The molecule has 0 heterocycles. The van der Waals surface area contributed by atoms with Gasteiger partial charge in [-0.05, 0) is 0 Å². The molecule has 0 N–H and O–H groups in total. The summed E-state index contributed by atoms with van der Waals surface area (Å²) in [6, 6.07) is 0. The van der Waals surface area contributed by atoms with Crippen molar-refractivity contribution in [2.24, 2.45) is 0 Å². The molecule has 0 bridgehead atoms. The second-order valence-electron chi connectivity index (χ2n) is 2.16. The summed E-state index contributed by atoms with van der Waals surface area (Å²) >= 11 is 0. The van der Waals surface area contributed by atoms with Crippen LogP contribution in [0.4, 0.5) is 0 Å². The van der Waals surface area contributed by atoms with E-state index in [2.05, 4.69) is 6.92 Å². The maximum absolute atomic E-state index is 6.95. The average Bonchev–Trinajstić information content (AvgIpc) is 1.85. The van der Waals surface area contributed by atoms with Crippen LogP contribution in [0.25, 0.3) is 0 Å². The van der Waals surface area contributed by atoms with Crippen LogP contribution < -0.4 is 0 Å². The van der Waals surface area contributed by atoms with Gasteiger partial charge in [0.2, 0.25) is 0 Å². The predicted octanol–water partition coefficient (Wildman–Crippen LogP) is 3.37. The van der Waals surface area contributed by atoms with Crippen LogP contribution in [0.5, 0.6) is 0 Å². The Labute approximate surface area is 57.5 Å². The summed E-state index contributed by atoms with van der Waals surface area (Å²) in [5.74, 6) is 0. The maximum Gasteiger partial charge on any atom is 0.0230 e. The van der Waals surface area contributed by atoms with Gasteiger partial charge in [-0.25, -0.2) is 0 Å². The molecule has 0 amide bonds. The van der Waals surface area contributed by atoms with Crippen molar-refractivity contribution in [2.45, 2.75) is 52.3 Å². The van der Waals surface area contributed by atoms with E-state index in [-0.39, 0.29) is 0 Å². The van der Waals surface area contributed by atoms with Crippen LogP contribution in [-0.2, 0) is 0 Å².